The monoisotopic (exact) mass is 228 g/mol. The van der Waals surface area contributed by atoms with E-state index in [1.165, 1.54) is 0 Å². The molecule has 6 heteroatoms. The number of nitrogens with one attached hydrogen (secondary N) is 1. The third-order valence-corrected chi connectivity index (χ3v) is 2.98. The Kier molecular flexibility index (Phi) is 4.70. The van der Waals surface area contributed by atoms with Gasteiger partial charge in [0, 0.05) is 20.1 Å². The van der Waals surface area contributed by atoms with Crippen molar-refractivity contribution >= 4 is 11.8 Å². The van der Waals surface area contributed by atoms with E-state index in [-0.39, 0.29) is 17.9 Å². The molecular formula is C10H20N4O2. The molecule has 1 aliphatic heterocycles. The summed E-state index contributed by atoms with van der Waals surface area (Å²) in [5.41, 5.74) is 2.15. The van der Waals surface area contributed by atoms with Crippen LogP contribution in [0.15, 0.2) is 0 Å². The third-order valence-electron chi connectivity index (χ3n) is 2.98. The number of nitrogens with two attached hydrogens (primary N) is 1. The van der Waals surface area contributed by atoms with Gasteiger partial charge in [-0.15, -0.1) is 0 Å². The summed E-state index contributed by atoms with van der Waals surface area (Å²) in [7, 11) is 1.79. The fourth-order valence-corrected chi connectivity index (χ4v) is 1.98. The van der Waals surface area contributed by atoms with E-state index in [2.05, 4.69) is 5.43 Å². The normalized spacial score (nSPS) is 20.4. The lowest BCUT2D eigenvalue weighted by Crippen LogP contribution is -2.50. The molecule has 16 heavy (non-hydrogen) atoms. The van der Waals surface area contributed by atoms with Gasteiger partial charge in [0.2, 0.25) is 5.91 Å². The summed E-state index contributed by atoms with van der Waals surface area (Å²) in [6.45, 7) is 3.71. The third kappa shape index (κ3) is 2.93. The van der Waals surface area contributed by atoms with Crippen molar-refractivity contribution in [3.05, 3.63) is 0 Å². The van der Waals surface area contributed by atoms with Crippen molar-refractivity contribution in [2.24, 2.45) is 5.84 Å². The Morgan fingerprint density at radius 2 is 2.25 bits per heavy atom. The van der Waals surface area contributed by atoms with Crippen LogP contribution in [0.2, 0.25) is 0 Å². The van der Waals surface area contributed by atoms with E-state index in [4.69, 9.17) is 5.84 Å². The first kappa shape index (κ1) is 12.9. The molecule has 1 atom stereocenters. The van der Waals surface area contributed by atoms with Crippen LogP contribution in [0.25, 0.3) is 0 Å². The number of nitrogens with zero attached hydrogens (tertiary/aromatic N) is 2. The predicted molar refractivity (Wildman–Crippen MR) is 60.2 cm³/mol. The Morgan fingerprint density at radius 1 is 1.56 bits per heavy atom. The van der Waals surface area contributed by atoms with Crippen LogP contribution in [0.3, 0.4) is 0 Å². The van der Waals surface area contributed by atoms with Gasteiger partial charge in [-0.3, -0.25) is 19.9 Å². The van der Waals surface area contributed by atoms with Gasteiger partial charge >= 0.3 is 0 Å². The van der Waals surface area contributed by atoms with Crippen LogP contribution in [-0.4, -0.2) is 54.3 Å². The highest BCUT2D eigenvalue weighted by molar-refractivity contribution is 5.83. The molecule has 0 spiro atoms. The Hall–Kier alpha value is -1.14. The van der Waals surface area contributed by atoms with Gasteiger partial charge in [0.15, 0.2) is 0 Å². The highest BCUT2D eigenvalue weighted by Crippen LogP contribution is 2.09. The minimum Gasteiger partial charge on any atom is -0.345 e. The molecule has 0 saturated carbocycles. The van der Waals surface area contributed by atoms with Crippen molar-refractivity contribution in [1.82, 2.24) is 15.2 Å². The lowest BCUT2D eigenvalue weighted by Gasteiger charge is -2.27. The number of amides is 2. The fraction of sp³-hybridized carbons (Fsp3) is 0.800. The Morgan fingerprint density at radius 3 is 2.81 bits per heavy atom. The van der Waals surface area contributed by atoms with Gasteiger partial charge in [-0.05, 0) is 12.8 Å². The van der Waals surface area contributed by atoms with Gasteiger partial charge in [0.05, 0.1) is 12.6 Å². The number of carbonyl (C=O) groups excluding carboxylic acids is 2. The first-order valence-electron chi connectivity index (χ1n) is 5.58. The molecular weight excluding hydrogens is 208 g/mol. The van der Waals surface area contributed by atoms with E-state index in [0.29, 0.717) is 13.0 Å². The number of hydrogen-bond donors (Lipinski definition) is 2. The van der Waals surface area contributed by atoms with Crippen LogP contribution in [0.4, 0.5) is 0 Å². The standard InChI is InChI=1S/C10H20N4O2/c1-3-8(10(16)12-11)14-6-4-5-13(2)9(15)7-14/h8H,3-7,11H2,1-2H3,(H,12,16). The van der Waals surface area contributed by atoms with Crippen LogP contribution in [0.1, 0.15) is 19.8 Å². The van der Waals surface area contributed by atoms with Crippen LogP contribution in [-0.2, 0) is 9.59 Å². The molecule has 1 rings (SSSR count). The zero-order valence-corrected chi connectivity index (χ0v) is 9.90. The van der Waals surface area contributed by atoms with Gasteiger partial charge in [0.1, 0.15) is 0 Å². The second-order valence-corrected chi connectivity index (χ2v) is 4.07. The maximum Gasteiger partial charge on any atom is 0.251 e. The fourth-order valence-electron chi connectivity index (χ4n) is 1.98. The molecule has 92 valence electrons. The van der Waals surface area contributed by atoms with Gasteiger partial charge in [-0.25, -0.2) is 5.84 Å². The number of rotatable bonds is 3. The average molecular weight is 228 g/mol. The molecule has 1 fully saturated rings. The second kappa shape index (κ2) is 5.81. The average Bonchev–Trinajstić information content (AvgIpc) is 2.43. The molecule has 0 radical (unpaired) electrons. The first-order valence-corrected chi connectivity index (χ1v) is 5.58. The molecule has 3 N–H and O–H groups in total. The van der Waals surface area contributed by atoms with Gasteiger partial charge in [-0.2, -0.15) is 0 Å². The molecule has 0 aliphatic carbocycles. The minimum absolute atomic E-state index is 0.0563. The van der Waals surface area contributed by atoms with Crippen molar-refractivity contribution in [2.45, 2.75) is 25.8 Å². The number of hydrogen-bond acceptors (Lipinski definition) is 4. The van der Waals surface area contributed by atoms with Gasteiger partial charge in [-0.1, -0.05) is 6.92 Å². The van der Waals surface area contributed by atoms with Crippen molar-refractivity contribution < 1.29 is 9.59 Å². The SMILES string of the molecule is CCC(C(=O)NN)N1CCCN(C)C(=O)C1. The highest BCUT2D eigenvalue weighted by atomic mass is 16.2. The smallest absolute Gasteiger partial charge is 0.251 e. The molecule has 0 aromatic rings. The summed E-state index contributed by atoms with van der Waals surface area (Å²) in [5, 5.41) is 0. The topological polar surface area (TPSA) is 78.7 Å². The maximum atomic E-state index is 11.7. The van der Waals surface area contributed by atoms with Crippen molar-refractivity contribution in [3.8, 4) is 0 Å². The van der Waals surface area contributed by atoms with Crippen molar-refractivity contribution in [1.29, 1.82) is 0 Å². The minimum atomic E-state index is -0.305. The van der Waals surface area contributed by atoms with Gasteiger partial charge < -0.3 is 4.90 Å². The van der Waals surface area contributed by atoms with Gasteiger partial charge in [0.25, 0.3) is 5.91 Å². The van der Waals surface area contributed by atoms with E-state index in [0.717, 1.165) is 19.5 Å². The second-order valence-electron chi connectivity index (χ2n) is 4.07. The highest BCUT2D eigenvalue weighted by Gasteiger charge is 2.28. The lowest BCUT2D eigenvalue weighted by atomic mass is 10.1. The van der Waals surface area contributed by atoms with Crippen LogP contribution < -0.4 is 11.3 Å². The van der Waals surface area contributed by atoms with E-state index in [9.17, 15) is 9.59 Å². The van der Waals surface area contributed by atoms with Crippen LogP contribution >= 0.6 is 0 Å². The van der Waals surface area contributed by atoms with Crippen molar-refractivity contribution in [3.63, 3.8) is 0 Å². The summed E-state index contributed by atoms with van der Waals surface area (Å²) in [6.07, 6.45) is 1.54. The van der Waals surface area contributed by atoms with Crippen LogP contribution in [0, 0.1) is 0 Å². The van der Waals surface area contributed by atoms with E-state index < -0.39 is 0 Å². The molecule has 0 aromatic carbocycles. The molecule has 1 heterocycles. The molecule has 1 aliphatic rings. The Labute approximate surface area is 95.7 Å². The summed E-state index contributed by atoms with van der Waals surface area (Å²) < 4.78 is 0. The van der Waals surface area contributed by atoms with Crippen LogP contribution in [0.5, 0.6) is 0 Å². The lowest BCUT2D eigenvalue weighted by molar-refractivity contribution is -0.132. The molecule has 6 nitrogen and oxygen atoms in total. The first-order chi connectivity index (χ1) is 7.60. The van der Waals surface area contributed by atoms with E-state index in [1.807, 2.05) is 11.8 Å². The predicted octanol–water partition coefficient (Wildman–Crippen LogP) is -1.08. The summed E-state index contributed by atoms with van der Waals surface area (Å²) in [5.74, 6) is 4.97. The molecule has 1 unspecified atom stereocenters. The van der Waals surface area contributed by atoms with E-state index >= 15 is 0 Å². The number of carbonyl (C=O) groups is 2. The Bertz CT molecular complexity index is 268. The number of likely N-dealkylation sites (N-methyl/N-ethyl adjacent to an activating group) is 1. The Balaban J connectivity index is 2.70. The molecule has 1 saturated heterocycles. The number of hydrazine groups is 1. The maximum absolute atomic E-state index is 11.7. The zero-order chi connectivity index (χ0) is 12.1. The largest absolute Gasteiger partial charge is 0.345 e. The van der Waals surface area contributed by atoms with E-state index in [1.54, 1.807) is 11.9 Å². The molecule has 2 amide bonds. The molecule has 0 aromatic heterocycles. The summed E-state index contributed by atoms with van der Waals surface area (Å²) in [6, 6.07) is -0.305. The summed E-state index contributed by atoms with van der Waals surface area (Å²) in [4.78, 5) is 26.8. The zero-order valence-electron chi connectivity index (χ0n) is 9.90. The molecule has 0 bridgehead atoms. The quantitative estimate of drug-likeness (QED) is 0.366. The summed E-state index contributed by atoms with van der Waals surface area (Å²) >= 11 is 0. The van der Waals surface area contributed by atoms with Crippen molar-refractivity contribution in [2.75, 3.05) is 26.7 Å².